The van der Waals surface area contributed by atoms with Crippen LogP contribution < -0.4 is 5.32 Å². The number of nitrogens with one attached hydrogen (secondary N) is 1. The van der Waals surface area contributed by atoms with Gasteiger partial charge in [-0.25, -0.2) is 4.79 Å². The van der Waals surface area contributed by atoms with E-state index in [0.29, 0.717) is 5.25 Å². The number of urea groups is 1. The highest BCUT2D eigenvalue weighted by Gasteiger charge is 2.41. The molecule has 0 saturated carbocycles. The van der Waals surface area contributed by atoms with E-state index in [2.05, 4.69) is 12.2 Å². The molecular weight excluding hydrogens is 222 g/mol. The Hall–Kier alpha value is -0.420. The first kappa shape index (κ1) is 12.0. The zero-order chi connectivity index (χ0) is 11.8. The molecule has 0 radical (unpaired) electrons. The van der Waals surface area contributed by atoms with Crippen LogP contribution in [0.25, 0.3) is 0 Å². The molecule has 2 fully saturated rings. The summed E-state index contributed by atoms with van der Waals surface area (Å²) in [6.07, 6.45) is 2.14. The maximum Gasteiger partial charge on any atom is 0.319 e. The Morgan fingerprint density at radius 1 is 1.44 bits per heavy atom. The van der Waals surface area contributed by atoms with Crippen LogP contribution in [0.15, 0.2) is 0 Å². The fourth-order valence-corrected chi connectivity index (χ4v) is 3.96. The van der Waals surface area contributed by atoms with E-state index in [1.165, 1.54) is 0 Å². The summed E-state index contributed by atoms with van der Waals surface area (Å²) in [5.41, 5.74) is 0. The predicted octanol–water partition coefficient (Wildman–Crippen LogP) is 1.19. The summed E-state index contributed by atoms with van der Waals surface area (Å²) in [5.74, 6) is 0. The lowest BCUT2D eigenvalue weighted by Gasteiger charge is -2.39. The highest BCUT2D eigenvalue weighted by molar-refractivity contribution is 8.01. The van der Waals surface area contributed by atoms with E-state index in [0.717, 1.165) is 32.5 Å². The predicted molar refractivity (Wildman–Crippen MR) is 67.7 cm³/mol. The van der Waals surface area contributed by atoms with Gasteiger partial charge in [-0.15, -0.1) is 11.8 Å². The smallest absolute Gasteiger partial charge is 0.319 e. The molecule has 2 rings (SSSR count). The quantitative estimate of drug-likeness (QED) is 0.694. The van der Waals surface area contributed by atoms with Crippen LogP contribution >= 0.6 is 11.8 Å². The molecule has 0 aromatic carbocycles. The number of amides is 2. The lowest BCUT2D eigenvalue weighted by atomic mass is 10.0. The average Bonchev–Trinajstić information content (AvgIpc) is 2.60. The van der Waals surface area contributed by atoms with E-state index in [-0.39, 0.29) is 10.9 Å². The van der Waals surface area contributed by atoms with Crippen molar-refractivity contribution in [3.05, 3.63) is 0 Å². The number of piperidine rings is 1. The molecule has 0 aliphatic carbocycles. The van der Waals surface area contributed by atoms with Gasteiger partial charge in [0.2, 0.25) is 0 Å². The van der Waals surface area contributed by atoms with Crippen LogP contribution in [0.5, 0.6) is 0 Å². The summed E-state index contributed by atoms with van der Waals surface area (Å²) < 4.78 is 0. The van der Waals surface area contributed by atoms with E-state index in [9.17, 15) is 4.79 Å². The van der Waals surface area contributed by atoms with Crippen molar-refractivity contribution in [3.63, 3.8) is 0 Å². The van der Waals surface area contributed by atoms with Crippen molar-refractivity contribution in [1.29, 1.82) is 0 Å². The van der Waals surface area contributed by atoms with Crippen molar-refractivity contribution < 1.29 is 4.79 Å². The molecular formula is C11H21N3OS. The fourth-order valence-electron chi connectivity index (χ4n) is 2.43. The number of hydrogen-bond donors (Lipinski definition) is 1. The lowest BCUT2D eigenvalue weighted by molar-refractivity contribution is 0.149. The van der Waals surface area contributed by atoms with E-state index >= 15 is 0 Å². The molecule has 2 amide bonds. The first-order valence-corrected chi connectivity index (χ1v) is 6.79. The SMILES string of the molecule is CC1CNC2(CCN(C(=O)N(C)C)CC2)S1. The summed E-state index contributed by atoms with van der Waals surface area (Å²) in [4.78, 5) is 15.7. The summed E-state index contributed by atoms with van der Waals surface area (Å²) >= 11 is 2.05. The van der Waals surface area contributed by atoms with Crippen molar-refractivity contribution in [2.45, 2.75) is 29.9 Å². The molecule has 2 saturated heterocycles. The van der Waals surface area contributed by atoms with Gasteiger partial charge in [0.05, 0.1) is 4.87 Å². The molecule has 1 unspecified atom stereocenters. The Labute approximate surface area is 102 Å². The number of carbonyl (C=O) groups is 1. The van der Waals surface area contributed by atoms with Crippen molar-refractivity contribution >= 4 is 17.8 Å². The van der Waals surface area contributed by atoms with Gasteiger partial charge >= 0.3 is 6.03 Å². The van der Waals surface area contributed by atoms with Crippen LogP contribution in [0, 0.1) is 0 Å². The minimum absolute atomic E-state index is 0.144. The van der Waals surface area contributed by atoms with Crippen LogP contribution in [0.1, 0.15) is 19.8 Å². The van der Waals surface area contributed by atoms with E-state index in [1.54, 1.807) is 4.90 Å². The van der Waals surface area contributed by atoms with Crippen molar-refractivity contribution in [3.8, 4) is 0 Å². The van der Waals surface area contributed by atoms with E-state index < -0.39 is 0 Å². The summed E-state index contributed by atoms with van der Waals surface area (Å²) in [5, 5.41) is 4.33. The van der Waals surface area contributed by atoms with Crippen LogP contribution in [0.4, 0.5) is 4.79 Å². The number of carbonyl (C=O) groups excluding carboxylic acids is 1. The topological polar surface area (TPSA) is 35.6 Å². The zero-order valence-corrected chi connectivity index (χ0v) is 11.1. The molecule has 1 atom stereocenters. The maximum absolute atomic E-state index is 11.8. The second kappa shape index (κ2) is 4.45. The Morgan fingerprint density at radius 3 is 2.50 bits per heavy atom. The number of nitrogens with zero attached hydrogens (tertiary/aromatic N) is 2. The Bertz CT molecular complexity index is 274. The molecule has 92 valence electrons. The van der Waals surface area contributed by atoms with Gasteiger partial charge in [-0.05, 0) is 12.8 Å². The summed E-state index contributed by atoms with van der Waals surface area (Å²) in [6.45, 7) is 5.13. The van der Waals surface area contributed by atoms with Gasteiger partial charge in [-0.2, -0.15) is 0 Å². The van der Waals surface area contributed by atoms with Gasteiger partial charge in [0.1, 0.15) is 0 Å². The first-order valence-electron chi connectivity index (χ1n) is 5.91. The minimum atomic E-state index is 0.144. The highest BCUT2D eigenvalue weighted by atomic mass is 32.2. The molecule has 0 aromatic heterocycles. The maximum atomic E-state index is 11.8. The van der Waals surface area contributed by atoms with Crippen molar-refractivity contribution in [2.24, 2.45) is 0 Å². The largest absolute Gasteiger partial charge is 0.331 e. The van der Waals surface area contributed by atoms with Crippen LogP contribution in [-0.2, 0) is 0 Å². The van der Waals surface area contributed by atoms with Gasteiger partial charge in [-0.3, -0.25) is 0 Å². The van der Waals surface area contributed by atoms with Gasteiger partial charge in [0.15, 0.2) is 0 Å². The third-order valence-corrected chi connectivity index (χ3v) is 4.94. The highest BCUT2D eigenvalue weighted by Crippen LogP contribution is 2.40. The number of rotatable bonds is 0. The Kier molecular flexibility index (Phi) is 3.35. The molecule has 1 spiro atoms. The van der Waals surface area contributed by atoms with E-state index in [1.807, 2.05) is 30.8 Å². The normalized spacial score (nSPS) is 28.4. The van der Waals surface area contributed by atoms with Crippen LogP contribution in [0.3, 0.4) is 0 Å². The Morgan fingerprint density at radius 2 is 2.06 bits per heavy atom. The molecule has 0 aromatic rings. The minimum Gasteiger partial charge on any atom is -0.331 e. The van der Waals surface area contributed by atoms with Crippen LogP contribution in [-0.4, -0.2) is 59.7 Å². The molecule has 5 heteroatoms. The molecule has 2 aliphatic rings. The fraction of sp³-hybridized carbons (Fsp3) is 0.909. The monoisotopic (exact) mass is 243 g/mol. The summed E-state index contributed by atoms with van der Waals surface area (Å²) in [7, 11) is 3.63. The van der Waals surface area contributed by atoms with E-state index in [4.69, 9.17) is 0 Å². The lowest BCUT2D eigenvalue weighted by Crippen LogP contribution is -2.51. The molecule has 0 bridgehead atoms. The van der Waals surface area contributed by atoms with Crippen LogP contribution in [0.2, 0.25) is 0 Å². The molecule has 2 aliphatic heterocycles. The average molecular weight is 243 g/mol. The number of hydrogen-bond acceptors (Lipinski definition) is 3. The van der Waals surface area contributed by atoms with Gasteiger partial charge in [0.25, 0.3) is 0 Å². The number of thioether (sulfide) groups is 1. The van der Waals surface area contributed by atoms with Crippen molar-refractivity contribution in [2.75, 3.05) is 33.7 Å². The summed E-state index contributed by atoms with van der Waals surface area (Å²) in [6, 6.07) is 0.144. The van der Waals surface area contributed by atoms with Gasteiger partial charge < -0.3 is 15.1 Å². The zero-order valence-electron chi connectivity index (χ0n) is 10.3. The third kappa shape index (κ3) is 2.30. The standard InChI is InChI=1S/C11H21N3OS/c1-9-8-12-11(16-9)4-6-14(7-5-11)10(15)13(2)3/h9,12H,4-8H2,1-3H3. The number of likely N-dealkylation sites (tertiary alicyclic amines) is 1. The third-order valence-electron chi connectivity index (χ3n) is 3.36. The second-order valence-electron chi connectivity index (χ2n) is 4.97. The molecule has 2 heterocycles. The molecule has 1 N–H and O–H groups in total. The molecule has 16 heavy (non-hydrogen) atoms. The van der Waals surface area contributed by atoms with Crippen molar-refractivity contribution in [1.82, 2.24) is 15.1 Å². The second-order valence-corrected chi connectivity index (χ2v) is 6.79. The first-order chi connectivity index (χ1) is 7.52. The molecule has 4 nitrogen and oxygen atoms in total. The Balaban J connectivity index is 1.90. The van der Waals surface area contributed by atoms with Gasteiger partial charge in [-0.1, -0.05) is 6.92 Å². The van der Waals surface area contributed by atoms with Gasteiger partial charge in [0, 0.05) is 39.0 Å².